The third-order valence-corrected chi connectivity index (χ3v) is 3.56. The number of fused-ring (bicyclic) bond motifs is 1. The number of ether oxygens (including phenoxy) is 1. The summed E-state index contributed by atoms with van der Waals surface area (Å²) in [7, 11) is 0. The van der Waals surface area contributed by atoms with Crippen LogP contribution in [0.3, 0.4) is 0 Å². The first-order chi connectivity index (χ1) is 10.2. The predicted octanol–water partition coefficient (Wildman–Crippen LogP) is 1.59. The van der Waals surface area contributed by atoms with E-state index in [1.807, 2.05) is 24.3 Å². The summed E-state index contributed by atoms with van der Waals surface area (Å²) in [5.74, 6) is 0.920. The lowest BCUT2D eigenvalue weighted by atomic mass is 9.92. The van der Waals surface area contributed by atoms with E-state index in [9.17, 15) is 4.79 Å². The first kappa shape index (κ1) is 15.2. The molecule has 0 saturated heterocycles. The molecule has 1 aliphatic rings. The van der Waals surface area contributed by atoms with Gasteiger partial charge in [0.2, 0.25) is 5.91 Å². The highest BCUT2D eigenvalue weighted by molar-refractivity contribution is 5.84. The summed E-state index contributed by atoms with van der Waals surface area (Å²) in [6.07, 6.45) is 2.81. The van der Waals surface area contributed by atoms with Crippen LogP contribution in [-0.4, -0.2) is 30.1 Å². The van der Waals surface area contributed by atoms with Crippen molar-refractivity contribution in [1.82, 2.24) is 5.32 Å². The fourth-order valence-electron chi connectivity index (χ4n) is 2.43. The van der Waals surface area contributed by atoms with Crippen LogP contribution in [0.5, 0.6) is 5.75 Å². The van der Waals surface area contributed by atoms with Crippen LogP contribution in [0.1, 0.15) is 37.2 Å². The Kier molecular flexibility index (Phi) is 5.43. The zero-order valence-electron chi connectivity index (χ0n) is 11.9. The molecule has 6 nitrogen and oxygen atoms in total. The van der Waals surface area contributed by atoms with Gasteiger partial charge >= 0.3 is 0 Å². The maximum Gasteiger partial charge on any atom is 0.227 e. The average molecular weight is 291 g/mol. The van der Waals surface area contributed by atoms with Crippen LogP contribution in [0.4, 0.5) is 0 Å². The maximum absolute atomic E-state index is 12.3. The van der Waals surface area contributed by atoms with E-state index in [4.69, 9.17) is 15.7 Å². The number of hydrogen-bond acceptors (Lipinski definition) is 4. The van der Waals surface area contributed by atoms with Crippen molar-refractivity contribution in [2.75, 3.05) is 13.2 Å². The molecule has 114 valence electrons. The molecule has 1 aromatic carbocycles. The Balaban J connectivity index is 1.79. The number of carbonyl (C=O) groups excluding carboxylic acids is 1. The van der Waals surface area contributed by atoms with Crippen molar-refractivity contribution in [2.24, 2.45) is 10.9 Å². The number of nitrogens with two attached hydrogens (primary N) is 1. The van der Waals surface area contributed by atoms with Crippen LogP contribution >= 0.6 is 0 Å². The summed E-state index contributed by atoms with van der Waals surface area (Å²) < 4.78 is 5.55. The number of nitrogens with one attached hydrogen (secondary N) is 1. The monoisotopic (exact) mass is 291 g/mol. The van der Waals surface area contributed by atoms with Crippen molar-refractivity contribution in [3.8, 4) is 5.75 Å². The lowest BCUT2D eigenvalue weighted by Gasteiger charge is -2.25. The maximum atomic E-state index is 12.3. The van der Waals surface area contributed by atoms with Crippen LogP contribution < -0.4 is 15.8 Å². The molecule has 1 atom stereocenters. The van der Waals surface area contributed by atoms with Crippen molar-refractivity contribution in [3.63, 3.8) is 0 Å². The van der Waals surface area contributed by atoms with Crippen LogP contribution in [0.25, 0.3) is 0 Å². The summed E-state index contributed by atoms with van der Waals surface area (Å²) in [6.45, 7) is 1.16. The highest BCUT2D eigenvalue weighted by Crippen LogP contribution is 2.33. The Hall–Kier alpha value is -2.24. The molecule has 0 aromatic heterocycles. The van der Waals surface area contributed by atoms with Gasteiger partial charge < -0.3 is 21.0 Å². The van der Waals surface area contributed by atoms with Gasteiger partial charge in [0.1, 0.15) is 11.6 Å². The molecule has 1 aromatic rings. The van der Waals surface area contributed by atoms with Gasteiger partial charge in [0, 0.05) is 18.5 Å². The molecule has 0 aliphatic carbocycles. The zero-order chi connectivity index (χ0) is 15.1. The van der Waals surface area contributed by atoms with E-state index < -0.39 is 0 Å². The second kappa shape index (κ2) is 7.52. The van der Waals surface area contributed by atoms with E-state index in [0.29, 0.717) is 26.0 Å². The Morgan fingerprint density at radius 2 is 2.24 bits per heavy atom. The van der Waals surface area contributed by atoms with E-state index in [1.54, 1.807) is 0 Å². The topological polar surface area (TPSA) is 96.9 Å². The zero-order valence-corrected chi connectivity index (χ0v) is 11.9. The number of nitrogens with zero attached hydrogens (tertiary/aromatic N) is 1. The molecule has 0 radical (unpaired) electrons. The van der Waals surface area contributed by atoms with Gasteiger partial charge in [0.05, 0.1) is 12.5 Å². The first-order valence-corrected chi connectivity index (χ1v) is 7.18. The summed E-state index contributed by atoms with van der Waals surface area (Å²) in [5, 5.41) is 14.3. The molecule has 0 spiro atoms. The van der Waals surface area contributed by atoms with Gasteiger partial charge in [-0.25, -0.2) is 0 Å². The van der Waals surface area contributed by atoms with E-state index in [2.05, 4.69) is 10.5 Å². The molecule has 1 heterocycles. The van der Waals surface area contributed by atoms with Crippen LogP contribution in [0, 0.1) is 0 Å². The smallest absolute Gasteiger partial charge is 0.227 e. The number of hydrogen-bond donors (Lipinski definition) is 3. The molecule has 2 rings (SSSR count). The fraction of sp³-hybridized carbons (Fsp3) is 0.467. The first-order valence-electron chi connectivity index (χ1n) is 7.18. The van der Waals surface area contributed by atoms with E-state index in [0.717, 1.165) is 24.2 Å². The third kappa shape index (κ3) is 4.11. The molecule has 0 bridgehead atoms. The van der Waals surface area contributed by atoms with Crippen LogP contribution in [0.2, 0.25) is 0 Å². The number of unbranched alkanes of at least 4 members (excludes halogenated alkanes) is 1. The summed E-state index contributed by atoms with van der Waals surface area (Å²) >= 11 is 0. The van der Waals surface area contributed by atoms with Gasteiger partial charge in [0.25, 0.3) is 0 Å². The minimum atomic E-state index is -0.140. The molecule has 0 saturated carbocycles. The van der Waals surface area contributed by atoms with Gasteiger partial charge in [-0.2, -0.15) is 0 Å². The molecule has 0 fully saturated rings. The molecule has 1 amide bonds. The third-order valence-electron chi connectivity index (χ3n) is 3.56. The van der Waals surface area contributed by atoms with Gasteiger partial charge in [-0.3, -0.25) is 4.79 Å². The van der Waals surface area contributed by atoms with E-state index >= 15 is 0 Å². The van der Waals surface area contributed by atoms with E-state index in [-0.39, 0.29) is 17.7 Å². The normalized spacial score (nSPS) is 17.7. The van der Waals surface area contributed by atoms with Gasteiger partial charge in [-0.15, -0.1) is 0 Å². The minimum absolute atomic E-state index is 0.0366. The second-order valence-electron chi connectivity index (χ2n) is 5.07. The molecule has 1 aliphatic heterocycles. The van der Waals surface area contributed by atoms with Crippen molar-refractivity contribution in [3.05, 3.63) is 29.8 Å². The number of para-hydroxylation sites is 1. The quantitative estimate of drug-likeness (QED) is 0.244. The fourth-order valence-corrected chi connectivity index (χ4v) is 2.43. The molecular weight excluding hydrogens is 270 g/mol. The molecular formula is C15H21N3O3. The lowest BCUT2D eigenvalue weighted by molar-refractivity contribution is -0.123. The molecule has 4 N–H and O–H groups in total. The molecule has 21 heavy (non-hydrogen) atoms. The highest BCUT2D eigenvalue weighted by Gasteiger charge is 2.26. The van der Waals surface area contributed by atoms with Crippen LogP contribution in [-0.2, 0) is 4.79 Å². The van der Waals surface area contributed by atoms with Gasteiger partial charge in [0.15, 0.2) is 0 Å². The van der Waals surface area contributed by atoms with Crippen molar-refractivity contribution in [2.45, 2.75) is 31.6 Å². The van der Waals surface area contributed by atoms with Gasteiger partial charge in [-0.1, -0.05) is 23.4 Å². The number of amides is 1. The van der Waals surface area contributed by atoms with Crippen molar-refractivity contribution >= 4 is 11.7 Å². The largest absolute Gasteiger partial charge is 0.493 e. The number of oxime groups is 1. The Morgan fingerprint density at radius 1 is 1.43 bits per heavy atom. The number of benzene rings is 1. The standard InChI is InChI=1S/C15H21N3O3/c16-14(18-20)7-3-4-9-17-15(19)12-8-10-21-13-6-2-1-5-11(12)13/h1-2,5-6,12,20H,3-4,7-10H2,(H2,16,18)(H,17,19). The second-order valence-corrected chi connectivity index (χ2v) is 5.07. The van der Waals surface area contributed by atoms with Crippen LogP contribution in [0.15, 0.2) is 29.4 Å². The molecule has 6 heteroatoms. The summed E-state index contributed by atoms with van der Waals surface area (Å²) in [4.78, 5) is 12.3. The minimum Gasteiger partial charge on any atom is -0.493 e. The average Bonchev–Trinajstić information content (AvgIpc) is 2.53. The Bertz CT molecular complexity index is 517. The number of rotatable bonds is 6. The van der Waals surface area contributed by atoms with Crippen molar-refractivity contribution < 1.29 is 14.7 Å². The number of amidine groups is 1. The van der Waals surface area contributed by atoms with Gasteiger partial charge in [-0.05, 0) is 25.3 Å². The van der Waals surface area contributed by atoms with E-state index in [1.165, 1.54) is 0 Å². The lowest BCUT2D eigenvalue weighted by Crippen LogP contribution is -2.33. The Morgan fingerprint density at radius 3 is 3.05 bits per heavy atom. The van der Waals surface area contributed by atoms with Crippen molar-refractivity contribution in [1.29, 1.82) is 0 Å². The summed E-state index contributed by atoms with van der Waals surface area (Å²) in [6, 6.07) is 7.67. The SMILES string of the molecule is NC(CCCCNC(=O)C1CCOc2ccccc21)=NO. The molecule has 1 unspecified atom stereocenters. The number of carbonyl (C=O) groups is 1. The Labute approximate surface area is 124 Å². The predicted molar refractivity (Wildman–Crippen MR) is 79.6 cm³/mol. The highest BCUT2D eigenvalue weighted by atomic mass is 16.5. The summed E-state index contributed by atoms with van der Waals surface area (Å²) in [5.41, 5.74) is 6.34.